The Balaban J connectivity index is 1.93. The number of rotatable bonds is 5. The van der Waals surface area contributed by atoms with E-state index in [0.29, 0.717) is 11.6 Å². The number of esters is 1. The molecule has 21 heavy (non-hydrogen) atoms. The lowest BCUT2D eigenvalue weighted by atomic mass is 9.83. The quantitative estimate of drug-likeness (QED) is 0.808. The van der Waals surface area contributed by atoms with Gasteiger partial charge in [-0.3, -0.25) is 0 Å². The maximum absolute atomic E-state index is 11.5. The molecule has 1 aliphatic carbocycles. The van der Waals surface area contributed by atoms with Crippen LogP contribution >= 0.6 is 0 Å². The van der Waals surface area contributed by atoms with Gasteiger partial charge in [0.15, 0.2) is 0 Å². The second kappa shape index (κ2) is 7.48. The third-order valence-electron chi connectivity index (χ3n) is 4.55. The molecule has 0 aromatic heterocycles. The Hall–Kier alpha value is -1.51. The van der Waals surface area contributed by atoms with Crippen LogP contribution in [0.15, 0.2) is 18.2 Å². The molecule has 1 aromatic rings. The summed E-state index contributed by atoms with van der Waals surface area (Å²) in [5.74, 6) is 0.653. The van der Waals surface area contributed by atoms with Crippen molar-refractivity contribution in [2.75, 3.05) is 12.4 Å². The number of anilines is 1. The molecule has 0 saturated heterocycles. The SMILES string of the molecule is CCCC1CCC(Nc2ccc(C(=O)OC)cc2C)CC1. The van der Waals surface area contributed by atoms with Gasteiger partial charge in [-0.1, -0.05) is 19.8 Å². The first-order valence-corrected chi connectivity index (χ1v) is 8.09. The minimum absolute atomic E-state index is 0.273. The molecule has 3 heteroatoms. The van der Waals surface area contributed by atoms with Gasteiger partial charge < -0.3 is 10.1 Å². The van der Waals surface area contributed by atoms with Gasteiger partial charge in [-0.15, -0.1) is 0 Å². The fraction of sp³-hybridized carbons (Fsp3) is 0.611. The van der Waals surface area contributed by atoms with E-state index in [-0.39, 0.29) is 5.97 Å². The largest absolute Gasteiger partial charge is 0.465 e. The normalized spacial score (nSPS) is 21.9. The van der Waals surface area contributed by atoms with Crippen LogP contribution in [-0.4, -0.2) is 19.1 Å². The Kier molecular flexibility index (Phi) is 5.66. The van der Waals surface area contributed by atoms with Crippen LogP contribution in [0, 0.1) is 12.8 Å². The highest BCUT2D eigenvalue weighted by Crippen LogP contribution is 2.30. The highest BCUT2D eigenvalue weighted by Gasteiger charge is 2.20. The molecule has 0 radical (unpaired) electrons. The van der Waals surface area contributed by atoms with Crippen molar-refractivity contribution in [3.05, 3.63) is 29.3 Å². The summed E-state index contributed by atoms with van der Waals surface area (Å²) < 4.78 is 4.76. The molecule has 0 heterocycles. The van der Waals surface area contributed by atoms with Gasteiger partial charge in [-0.05, 0) is 62.3 Å². The predicted molar refractivity (Wildman–Crippen MR) is 86.8 cm³/mol. The average Bonchev–Trinajstić information content (AvgIpc) is 2.50. The Morgan fingerprint density at radius 1 is 1.29 bits per heavy atom. The molecular weight excluding hydrogens is 262 g/mol. The number of methoxy groups -OCH3 is 1. The number of hydrogen-bond acceptors (Lipinski definition) is 3. The number of hydrogen-bond donors (Lipinski definition) is 1. The first kappa shape index (κ1) is 15.9. The zero-order valence-corrected chi connectivity index (χ0v) is 13.4. The van der Waals surface area contributed by atoms with Crippen LogP contribution in [-0.2, 0) is 4.74 Å². The molecule has 0 amide bonds. The molecule has 1 aromatic carbocycles. The van der Waals surface area contributed by atoms with Crippen molar-refractivity contribution < 1.29 is 9.53 Å². The summed E-state index contributed by atoms with van der Waals surface area (Å²) in [7, 11) is 1.42. The van der Waals surface area contributed by atoms with E-state index in [2.05, 4.69) is 12.2 Å². The number of nitrogens with one attached hydrogen (secondary N) is 1. The Morgan fingerprint density at radius 2 is 2.00 bits per heavy atom. The van der Waals surface area contributed by atoms with Gasteiger partial charge in [0.2, 0.25) is 0 Å². The third-order valence-corrected chi connectivity index (χ3v) is 4.55. The summed E-state index contributed by atoms with van der Waals surface area (Å²) in [6.07, 6.45) is 7.86. The lowest BCUT2D eigenvalue weighted by Crippen LogP contribution is -2.26. The number of ether oxygens (including phenoxy) is 1. The van der Waals surface area contributed by atoms with Crippen LogP contribution < -0.4 is 5.32 Å². The van der Waals surface area contributed by atoms with Crippen molar-refractivity contribution in [1.82, 2.24) is 0 Å². The monoisotopic (exact) mass is 289 g/mol. The maximum Gasteiger partial charge on any atom is 0.337 e. The van der Waals surface area contributed by atoms with E-state index in [0.717, 1.165) is 17.2 Å². The molecule has 1 fully saturated rings. The first-order chi connectivity index (χ1) is 10.1. The molecule has 3 nitrogen and oxygen atoms in total. The molecule has 0 spiro atoms. The van der Waals surface area contributed by atoms with Crippen molar-refractivity contribution in [2.24, 2.45) is 5.92 Å². The van der Waals surface area contributed by atoms with E-state index in [4.69, 9.17) is 4.74 Å². The van der Waals surface area contributed by atoms with E-state index < -0.39 is 0 Å². The minimum atomic E-state index is -0.273. The summed E-state index contributed by atoms with van der Waals surface area (Å²) >= 11 is 0. The number of benzene rings is 1. The van der Waals surface area contributed by atoms with Crippen LogP contribution in [0.5, 0.6) is 0 Å². The second-order valence-electron chi connectivity index (χ2n) is 6.17. The molecule has 0 unspecified atom stereocenters. The predicted octanol–water partition coefficient (Wildman–Crippen LogP) is 4.55. The molecule has 1 N–H and O–H groups in total. The smallest absolute Gasteiger partial charge is 0.337 e. The standard InChI is InChI=1S/C18H27NO2/c1-4-5-14-6-9-16(10-7-14)19-17-11-8-15(12-13(17)2)18(20)21-3/h8,11-12,14,16,19H,4-7,9-10H2,1-3H3. The molecular formula is C18H27NO2. The summed E-state index contributed by atoms with van der Waals surface area (Å²) in [5.41, 5.74) is 2.86. The zero-order valence-electron chi connectivity index (χ0n) is 13.4. The molecule has 1 saturated carbocycles. The van der Waals surface area contributed by atoms with Crippen molar-refractivity contribution in [3.8, 4) is 0 Å². The lowest BCUT2D eigenvalue weighted by Gasteiger charge is -2.30. The highest BCUT2D eigenvalue weighted by atomic mass is 16.5. The summed E-state index contributed by atoms with van der Waals surface area (Å²) in [6.45, 7) is 4.31. The third kappa shape index (κ3) is 4.23. The van der Waals surface area contributed by atoms with Crippen LogP contribution in [0.2, 0.25) is 0 Å². The van der Waals surface area contributed by atoms with Gasteiger partial charge in [-0.2, -0.15) is 0 Å². The Bertz CT molecular complexity index is 476. The minimum Gasteiger partial charge on any atom is -0.465 e. The van der Waals surface area contributed by atoms with Crippen molar-refractivity contribution >= 4 is 11.7 Å². The lowest BCUT2D eigenvalue weighted by molar-refractivity contribution is 0.0600. The first-order valence-electron chi connectivity index (χ1n) is 8.09. The molecule has 116 valence electrons. The van der Waals surface area contributed by atoms with Gasteiger partial charge in [0.1, 0.15) is 0 Å². The van der Waals surface area contributed by atoms with E-state index >= 15 is 0 Å². The molecule has 0 atom stereocenters. The zero-order chi connectivity index (χ0) is 15.2. The van der Waals surface area contributed by atoms with Crippen molar-refractivity contribution in [2.45, 2.75) is 58.4 Å². The van der Waals surface area contributed by atoms with Crippen LogP contribution in [0.25, 0.3) is 0 Å². The van der Waals surface area contributed by atoms with E-state index in [1.165, 1.54) is 45.6 Å². The maximum atomic E-state index is 11.5. The fourth-order valence-corrected chi connectivity index (χ4v) is 3.29. The number of carbonyl (C=O) groups excluding carboxylic acids is 1. The van der Waals surface area contributed by atoms with Crippen LogP contribution in [0.4, 0.5) is 5.69 Å². The van der Waals surface area contributed by atoms with Gasteiger partial charge in [0.05, 0.1) is 12.7 Å². The van der Waals surface area contributed by atoms with Gasteiger partial charge in [0, 0.05) is 11.7 Å². The van der Waals surface area contributed by atoms with E-state index in [1.54, 1.807) is 0 Å². The van der Waals surface area contributed by atoms with E-state index in [1.807, 2.05) is 25.1 Å². The highest BCUT2D eigenvalue weighted by molar-refractivity contribution is 5.90. The van der Waals surface area contributed by atoms with Gasteiger partial charge in [0.25, 0.3) is 0 Å². The summed E-state index contributed by atoms with van der Waals surface area (Å²) in [4.78, 5) is 11.5. The van der Waals surface area contributed by atoms with Crippen LogP contribution in [0.1, 0.15) is 61.4 Å². The Labute approximate surface area is 128 Å². The Morgan fingerprint density at radius 3 is 2.57 bits per heavy atom. The van der Waals surface area contributed by atoms with Gasteiger partial charge in [-0.25, -0.2) is 4.79 Å². The molecule has 1 aliphatic rings. The summed E-state index contributed by atoms with van der Waals surface area (Å²) in [6, 6.07) is 6.31. The number of carbonyl (C=O) groups is 1. The second-order valence-corrected chi connectivity index (χ2v) is 6.17. The van der Waals surface area contributed by atoms with E-state index in [9.17, 15) is 4.79 Å². The summed E-state index contributed by atoms with van der Waals surface area (Å²) in [5, 5.41) is 3.64. The molecule has 2 rings (SSSR count). The number of aryl methyl sites for hydroxylation is 1. The molecule has 0 aliphatic heterocycles. The molecule has 0 bridgehead atoms. The topological polar surface area (TPSA) is 38.3 Å². The van der Waals surface area contributed by atoms with Gasteiger partial charge >= 0.3 is 5.97 Å². The van der Waals surface area contributed by atoms with Crippen molar-refractivity contribution in [3.63, 3.8) is 0 Å². The van der Waals surface area contributed by atoms with Crippen molar-refractivity contribution in [1.29, 1.82) is 0 Å². The average molecular weight is 289 g/mol. The van der Waals surface area contributed by atoms with Crippen LogP contribution in [0.3, 0.4) is 0 Å². The fourth-order valence-electron chi connectivity index (χ4n) is 3.29.